The van der Waals surface area contributed by atoms with Crippen LogP contribution in [-0.4, -0.2) is 22.6 Å². The highest BCUT2D eigenvalue weighted by atomic mass is 16.6. The van der Waals surface area contributed by atoms with Gasteiger partial charge in [-0.2, -0.15) is 0 Å². The summed E-state index contributed by atoms with van der Waals surface area (Å²) in [5.41, 5.74) is -0.921. The van der Waals surface area contributed by atoms with Crippen molar-refractivity contribution in [3.05, 3.63) is 0 Å². The number of carbonyl (C=O) groups excluding carboxylic acids is 1. The number of carboxylic acid groups (broad SMARTS) is 1. The van der Waals surface area contributed by atoms with E-state index in [-0.39, 0.29) is 12.8 Å². The van der Waals surface area contributed by atoms with Gasteiger partial charge in [-0.05, 0) is 13.3 Å². The van der Waals surface area contributed by atoms with E-state index in [1.807, 2.05) is 0 Å². The second-order valence-electron chi connectivity index (χ2n) is 3.10. The fourth-order valence-electron chi connectivity index (χ4n) is 0.715. The molecule has 0 bridgehead atoms. The number of terminal acetylenes is 1. The molecule has 14 heavy (non-hydrogen) atoms. The molecule has 0 radical (unpaired) electrons. The Bertz CT molecular complexity index is 264. The Balaban J connectivity index is 4.06. The molecule has 0 rings (SSSR count). The van der Waals surface area contributed by atoms with Gasteiger partial charge >= 0.3 is 11.9 Å². The van der Waals surface area contributed by atoms with E-state index in [9.17, 15) is 9.59 Å². The van der Waals surface area contributed by atoms with E-state index in [2.05, 4.69) is 5.92 Å². The summed E-state index contributed by atoms with van der Waals surface area (Å²) in [6.07, 6.45) is 5.30. The first-order valence-corrected chi connectivity index (χ1v) is 4.35. The number of hydrogen-bond donors (Lipinski definition) is 1. The van der Waals surface area contributed by atoms with Crippen LogP contribution in [0.15, 0.2) is 0 Å². The van der Waals surface area contributed by atoms with Crippen LogP contribution in [0, 0.1) is 12.3 Å². The molecule has 0 amide bonds. The van der Waals surface area contributed by atoms with Gasteiger partial charge in [0.1, 0.15) is 0 Å². The number of ether oxygens (including phenoxy) is 1. The van der Waals surface area contributed by atoms with Gasteiger partial charge in [-0.15, -0.1) is 6.42 Å². The standard InChI is InChI=1S/C10H14O4/c1-4-10(3,5-2)14-9(13)7-6-8(11)12/h1H,5-7H2,2-3H3,(H,11,12). The van der Waals surface area contributed by atoms with E-state index >= 15 is 0 Å². The highest BCUT2D eigenvalue weighted by molar-refractivity contribution is 5.76. The minimum atomic E-state index is -1.03. The maximum Gasteiger partial charge on any atom is 0.307 e. The molecular formula is C10H14O4. The molecule has 1 atom stereocenters. The van der Waals surface area contributed by atoms with Crippen LogP contribution in [0.1, 0.15) is 33.1 Å². The molecule has 0 heterocycles. The Kier molecular flexibility index (Phi) is 4.71. The summed E-state index contributed by atoms with van der Waals surface area (Å²) in [7, 11) is 0. The van der Waals surface area contributed by atoms with Crippen molar-refractivity contribution >= 4 is 11.9 Å². The topological polar surface area (TPSA) is 63.6 Å². The van der Waals surface area contributed by atoms with Crippen molar-refractivity contribution < 1.29 is 19.4 Å². The molecule has 0 aliphatic heterocycles. The van der Waals surface area contributed by atoms with Gasteiger partial charge in [0.05, 0.1) is 12.8 Å². The molecule has 4 heteroatoms. The summed E-state index contributed by atoms with van der Waals surface area (Å²) in [5, 5.41) is 8.33. The highest BCUT2D eigenvalue weighted by Gasteiger charge is 2.23. The van der Waals surface area contributed by atoms with E-state index in [4.69, 9.17) is 16.3 Å². The van der Waals surface area contributed by atoms with Crippen LogP contribution in [0.5, 0.6) is 0 Å². The third-order valence-electron chi connectivity index (χ3n) is 1.86. The van der Waals surface area contributed by atoms with Crippen molar-refractivity contribution in [3.8, 4) is 12.3 Å². The first kappa shape index (κ1) is 12.5. The van der Waals surface area contributed by atoms with Crippen LogP contribution < -0.4 is 0 Å². The fraction of sp³-hybridized carbons (Fsp3) is 0.600. The molecule has 1 unspecified atom stereocenters. The van der Waals surface area contributed by atoms with Crippen LogP contribution in [0.3, 0.4) is 0 Å². The minimum Gasteiger partial charge on any atom is -0.481 e. The number of esters is 1. The lowest BCUT2D eigenvalue weighted by Crippen LogP contribution is -2.29. The number of carbonyl (C=O) groups is 2. The van der Waals surface area contributed by atoms with Gasteiger partial charge in [0.2, 0.25) is 0 Å². The van der Waals surface area contributed by atoms with Crippen molar-refractivity contribution in [1.82, 2.24) is 0 Å². The average Bonchev–Trinajstić information content (AvgIpc) is 2.14. The largest absolute Gasteiger partial charge is 0.481 e. The summed E-state index contributed by atoms with van der Waals surface area (Å²) >= 11 is 0. The van der Waals surface area contributed by atoms with Crippen LogP contribution in [0.4, 0.5) is 0 Å². The summed E-state index contributed by atoms with van der Waals surface area (Å²) in [6, 6.07) is 0. The predicted molar refractivity (Wildman–Crippen MR) is 50.5 cm³/mol. The summed E-state index contributed by atoms with van der Waals surface area (Å²) in [5.74, 6) is 0.755. The highest BCUT2D eigenvalue weighted by Crippen LogP contribution is 2.14. The molecule has 0 aliphatic carbocycles. The third kappa shape index (κ3) is 4.51. The molecule has 0 aromatic rings. The lowest BCUT2D eigenvalue weighted by molar-refractivity contribution is -0.155. The molecular weight excluding hydrogens is 184 g/mol. The molecule has 0 saturated heterocycles. The van der Waals surface area contributed by atoms with Crippen molar-refractivity contribution in [2.45, 2.75) is 38.7 Å². The molecule has 4 nitrogen and oxygen atoms in total. The van der Waals surface area contributed by atoms with Crippen LogP contribution in [0.2, 0.25) is 0 Å². The Labute approximate surface area is 83.3 Å². The van der Waals surface area contributed by atoms with Gasteiger partial charge < -0.3 is 9.84 Å². The Morgan fingerprint density at radius 3 is 2.43 bits per heavy atom. The van der Waals surface area contributed by atoms with Gasteiger partial charge in [-0.1, -0.05) is 12.8 Å². The number of carboxylic acids is 1. The van der Waals surface area contributed by atoms with E-state index in [1.165, 1.54) is 0 Å². The second kappa shape index (κ2) is 5.28. The number of rotatable bonds is 5. The molecule has 0 aromatic carbocycles. The predicted octanol–water partition coefficient (Wildman–Crippen LogP) is 1.20. The van der Waals surface area contributed by atoms with Crippen molar-refractivity contribution in [2.75, 3.05) is 0 Å². The molecule has 0 fully saturated rings. The van der Waals surface area contributed by atoms with E-state index < -0.39 is 17.5 Å². The molecule has 0 saturated carbocycles. The first-order valence-electron chi connectivity index (χ1n) is 4.35. The summed E-state index contributed by atoms with van der Waals surface area (Å²) in [4.78, 5) is 21.3. The van der Waals surface area contributed by atoms with E-state index in [1.54, 1.807) is 13.8 Å². The zero-order chi connectivity index (χ0) is 11.2. The van der Waals surface area contributed by atoms with E-state index in [0.717, 1.165) is 0 Å². The quantitative estimate of drug-likeness (QED) is 0.532. The van der Waals surface area contributed by atoms with E-state index in [0.29, 0.717) is 6.42 Å². The summed E-state index contributed by atoms with van der Waals surface area (Å²) in [6.45, 7) is 3.41. The molecule has 1 N–H and O–H groups in total. The van der Waals surface area contributed by atoms with Crippen LogP contribution in [0.25, 0.3) is 0 Å². The van der Waals surface area contributed by atoms with Gasteiger partial charge in [0.15, 0.2) is 5.60 Å². The molecule has 0 aromatic heterocycles. The normalized spacial score (nSPS) is 13.8. The molecule has 0 aliphatic rings. The molecule has 78 valence electrons. The Morgan fingerprint density at radius 2 is 2.07 bits per heavy atom. The van der Waals surface area contributed by atoms with Crippen LogP contribution in [-0.2, 0) is 14.3 Å². The van der Waals surface area contributed by atoms with Gasteiger partial charge in [0.25, 0.3) is 0 Å². The maximum absolute atomic E-state index is 11.1. The van der Waals surface area contributed by atoms with Crippen molar-refractivity contribution in [3.63, 3.8) is 0 Å². The van der Waals surface area contributed by atoms with Gasteiger partial charge in [0, 0.05) is 0 Å². The monoisotopic (exact) mass is 198 g/mol. The lowest BCUT2D eigenvalue weighted by atomic mass is 10.1. The molecule has 0 spiro atoms. The second-order valence-corrected chi connectivity index (χ2v) is 3.10. The zero-order valence-corrected chi connectivity index (χ0v) is 8.37. The summed E-state index contributed by atoms with van der Waals surface area (Å²) < 4.78 is 4.95. The van der Waals surface area contributed by atoms with Gasteiger partial charge in [-0.3, -0.25) is 9.59 Å². The van der Waals surface area contributed by atoms with Crippen molar-refractivity contribution in [2.24, 2.45) is 0 Å². The average molecular weight is 198 g/mol. The third-order valence-corrected chi connectivity index (χ3v) is 1.86. The Morgan fingerprint density at radius 1 is 1.50 bits per heavy atom. The first-order chi connectivity index (χ1) is 6.43. The zero-order valence-electron chi connectivity index (χ0n) is 8.37. The lowest BCUT2D eigenvalue weighted by Gasteiger charge is -2.21. The van der Waals surface area contributed by atoms with Gasteiger partial charge in [-0.25, -0.2) is 0 Å². The minimum absolute atomic E-state index is 0.146. The number of aliphatic carboxylic acids is 1. The van der Waals surface area contributed by atoms with Crippen LogP contribution >= 0.6 is 0 Å². The number of hydrogen-bond acceptors (Lipinski definition) is 3. The SMILES string of the molecule is C#CC(C)(CC)OC(=O)CCC(=O)O. The fourth-order valence-corrected chi connectivity index (χ4v) is 0.715. The Hall–Kier alpha value is -1.50. The van der Waals surface area contributed by atoms with Crippen molar-refractivity contribution in [1.29, 1.82) is 0 Å². The smallest absolute Gasteiger partial charge is 0.307 e. The maximum atomic E-state index is 11.1.